The molecule has 3 heteroatoms. The number of rotatable bonds is 0. The van der Waals surface area contributed by atoms with Gasteiger partial charge in [-0.3, -0.25) is 0 Å². The lowest BCUT2D eigenvalue weighted by Crippen LogP contribution is -3.08. The predicted molar refractivity (Wildman–Crippen MR) is 32.6 cm³/mol. The standard InChI is InChI=1S/C7H11F2N/c1-10-3-2-5-6(4-10)7(5,8)9/h5-6,10H,1-4H2. The number of hydrogen-bond acceptors (Lipinski definition) is 0. The molecule has 0 bridgehead atoms. The van der Waals surface area contributed by atoms with Gasteiger partial charge in [0.05, 0.1) is 19.0 Å². The molecular formula is C7H11F2N. The summed E-state index contributed by atoms with van der Waals surface area (Å²) >= 11 is 0. The van der Waals surface area contributed by atoms with Crippen molar-refractivity contribution in [2.24, 2.45) is 11.8 Å². The van der Waals surface area contributed by atoms with E-state index < -0.39 is 5.92 Å². The number of likely N-dealkylation sites (tertiary alicyclic amines) is 1. The highest BCUT2D eigenvalue weighted by Crippen LogP contribution is 2.56. The molecule has 0 amide bonds. The first-order valence-electron chi connectivity index (χ1n) is 3.67. The zero-order chi connectivity index (χ0) is 7.35. The maximum absolute atomic E-state index is 12.6. The number of quaternary nitrogens is 1. The lowest BCUT2D eigenvalue weighted by molar-refractivity contribution is -0.860. The van der Waals surface area contributed by atoms with E-state index in [4.69, 9.17) is 0 Å². The summed E-state index contributed by atoms with van der Waals surface area (Å²) in [6.07, 6.45) is 0.663. The van der Waals surface area contributed by atoms with Crippen LogP contribution in [0.2, 0.25) is 0 Å². The van der Waals surface area contributed by atoms with Crippen molar-refractivity contribution in [1.82, 2.24) is 0 Å². The van der Waals surface area contributed by atoms with Crippen molar-refractivity contribution < 1.29 is 13.7 Å². The molecule has 3 unspecified atom stereocenters. The molecule has 2 fully saturated rings. The third-order valence-electron chi connectivity index (χ3n) is 2.68. The van der Waals surface area contributed by atoms with E-state index in [2.05, 4.69) is 7.05 Å². The van der Waals surface area contributed by atoms with E-state index in [1.54, 1.807) is 0 Å². The van der Waals surface area contributed by atoms with Gasteiger partial charge >= 0.3 is 0 Å². The average molecular weight is 147 g/mol. The van der Waals surface area contributed by atoms with Gasteiger partial charge in [0.25, 0.3) is 5.92 Å². The van der Waals surface area contributed by atoms with Crippen LogP contribution in [-0.4, -0.2) is 19.0 Å². The molecule has 0 spiro atoms. The molecule has 3 atom stereocenters. The Labute approximate surface area is 59.0 Å². The van der Waals surface area contributed by atoms with Gasteiger partial charge in [0.2, 0.25) is 0 Å². The van der Waals surface area contributed by atoms with Gasteiger partial charge in [-0.1, -0.05) is 0 Å². The van der Waals surface area contributed by atoms with Crippen LogP contribution in [0.1, 0.15) is 6.42 Å². The summed E-state index contributed by atoms with van der Waals surface area (Å²) in [5.74, 6) is -2.97. The molecule has 0 aromatic carbocycles. The zero-order valence-electron chi connectivity index (χ0n) is 5.74. The van der Waals surface area contributed by atoms with E-state index in [0.717, 1.165) is 11.4 Å². The van der Waals surface area contributed by atoms with Crippen LogP contribution in [0.3, 0.4) is 0 Å². The van der Waals surface area contributed by atoms with E-state index in [1.165, 1.54) is 0 Å². The summed E-state index contributed by atoms with van der Waals surface area (Å²) in [6, 6.07) is 0. The molecule has 1 heterocycles. The number of fused-ring (bicyclic) bond motifs is 1. The van der Waals surface area contributed by atoms with Crippen molar-refractivity contribution in [2.45, 2.75) is 12.3 Å². The Morgan fingerprint density at radius 1 is 1.40 bits per heavy atom. The highest BCUT2D eigenvalue weighted by Gasteiger charge is 2.69. The molecule has 2 rings (SSSR count). The molecule has 1 aliphatic heterocycles. The SMILES string of the molecule is [CH2-][NH+]1CCC2C(C1)C2(F)F. The van der Waals surface area contributed by atoms with E-state index in [0.29, 0.717) is 13.0 Å². The van der Waals surface area contributed by atoms with Crippen LogP contribution >= 0.6 is 0 Å². The first kappa shape index (κ1) is 6.53. The molecule has 0 radical (unpaired) electrons. The zero-order valence-corrected chi connectivity index (χ0v) is 5.74. The Morgan fingerprint density at radius 2 is 2.10 bits per heavy atom. The molecule has 2 aliphatic rings. The minimum absolute atomic E-state index is 0.294. The molecule has 0 aromatic rings. The maximum Gasteiger partial charge on any atom is 0.260 e. The van der Waals surface area contributed by atoms with Crippen molar-refractivity contribution in [3.05, 3.63) is 7.05 Å². The summed E-state index contributed by atoms with van der Waals surface area (Å²) in [6.45, 7) is 1.38. The topological polar surface area (TPSA) is 4.44 Å². The largest absolute Gasteiger partial charge is 0.467 e. The summed E-state index contributed by atoms with van der Waals surface area (Å²) in [5, 5.41) is 0. The Balaban J connectivity index is 2.04. The van der Waals surface area contributed by atoms with Crippen molar-refractivity contribution in [1.29, 1.82) is 0 Å². The Hall–Kier alpha value is -0.180. The third kappa shape index (κ3) is 0.698. The fourth-order valence-electron chi connectivity index (χ4n) is 1.91. The van der Waals surface area contributed by atoms with Gasteiger partial charge in [-0.2, -0.15) is 7.05 Å². The monoisotopic (exact) mass is 147 g/mol. The fraction of sp³-hybridized carbons (Fsp3) is 0.857. The molecule has 1 aliphatic carbocycles. The third-order valence-corrected chi connectivity index (χ3v) is 2.68. The Kier molecular flexibility index (Phi) is 1.11. The molecular weight excluding hydrogens is 136 g/mol. The Bertz CT molecular complexity index is 158. The summed E-state index contributed by atoms with van der Waals surface area (Å²) < 4.78 is 25.3. The quantitative estimate of drug-likeness (QED) is 0.458. The number of hydrogen-bond donors (Lipinski definition) is 1. The molecule has 10 heavy (non-hydrogen) atoms. The highest BCUT2D eigenvalue weighted by molar-refractivity contribution is 5.05. The van der Waals surface area contributed by atoms with Crippen LogP contribution in [0.5, 0.6) is 0 Å². The second-order valence-electron chi connectivity index (χ2n) is 3.38. The molecule has 1 N–H and O–H groups in total. The summed E-state index contributed by atoms with van der Waals surface area (Å²) in [5.41, 5.74) is 0. The first-order valence-corrected chi connectivity index (χ1v) is 3.67. The van der Waals surface area contributed by atoms with Gasteiger partial charge in [0, 0.05) is 12.3 Å². The molecule has 58 valence electrons. The van der Waals surface area contributed by atoms with Crippen LogP contribution in [0, 0.1) is 18.9 Å². The molecule has 1 saturated carbocycles. The number of piperidine rings is 1. The van der Waals surface area contributed by atoms with E-state index in [9.17, 15) is 8.78 Å². The minimum Gasteiger partial charge on any atom is -0.467 e. The van der Waals surface area contributed by atoms with Crippen LogP contribution < -0.4 is 4.90 Å². The van der Waals surface area contributed by atoms with Crippen molar-refractivity contribution in [3.8, 4) is 0 Å². The fourth-order valence-corrected chi connectivity index (χ4v) is 1.91. The maximum atomic E-state index is 12.6. The average Bonchev–Trinajstić information content (AvgIpc) is 2.36. The van der Waals surface area contributed by atoms with E-state index in [1.807, 2.05) is 0 Å². The van der Waals surface area contributed by atoms with Crippen LogP contribution in [0.15, 0.2) is 0 Å². The first-order chi connectivity index (χ1) is 4.62. The van der Waals surface area contributed by atoms with Crippen LogP contribution in [0.25, 0.3) is 0 Å². The van der Waals surface area contributed by atoms with E-state index in [-0.39, 0.29) is 11.8 Å². The molecule has 1 saturated heterocycles. The van der Waals surface area contributed by atoms with E-state index >= 15 is 0 Å². The van der Waals surface area contributed by atoms with Gasteiger partial charge < -0.3 is 4.90 Å². The predicted octanol–water partition coefficient (Wildman–Crippen LogP) is -0.0521. The van der Waals surface area contributed by atoms with Gasteiger partial charge in [-0.25, -0.2) is 8.78 Å². The molecule has 0 aromatic heterocycles. The van der Waals surface area contributed by atoms with Crippen molar-refractivity contribution >= 4 is 0 Å². The van der Waals surface area contributed by atoms with Gasteiger partial charge in [0.15, 0.2) is 0 Å². The lowest BCUT2D eigenvalue weighted by Gasteiger charge is -2.23. The van der Waals surface area contributed by atoms with Gasteiger partial charge in [-0.15, -0.1) is 0 Å². The summed E-state index contributed by atoms with van der Waals surface area (Å²) in [4.78, 5) is 1.01. The van der Waals surface area contributed by atoms with Crippen molar-refractivity contribution in [3.63, 3.8) is 0 Å². The number of nitrogens with one attached hydrogen (secondary N) is 1. The Morgan fingerprint density at radius 3 is 2.60 bits per heavy atom. The second kappa shape index (κ2) is 1.70. The normalized spacial score (nSPS) is 50.1. The minimum atomic E-state index is -2.33. The highest BCUT2D eigenvalue weighted by atomic mass is 19.3. The van der Waals surface area contributed by atoms with Crippen molar-refractivity contribution in [2.75, 3.05) is 13.1 Å². The van der Waals surface area contributed by atoms with Crippen LogP contribution in [-0.2, 0) is 0 Å². The summed E-state index contributed by atoms with van der Waals surface area (Å²) in [7, 11) is 3.72. The molecule has 1 nitrogen and oxygen atoms in total. The second-order valence-corrected chi connectivity index (χ2v) is 3.38. The van der Waals surface area contributed by atoms with Gasteiger partial charge in [-0.05, 0) is 0 Å². The smallest absolute Gasteiger partial charge is 0.260 e. The number of halogens is 2. The van der Waals surface area contributed by atoms with Crippen LogP contribution in [0.4, 0.5) is 8.78 Å². The lowest BCUT2D eigenvalue weighted by atomic mass is 10.1. The van der Waals surface area contributed by atoms with Gasteiger partial charge in [0.1, 0.15) is 0 Å². The number of alkyl halides is 2.